The van der Waals surface area contributed by atoms with Crippen molar-refractivity contribution in [3.63, 3.8) is 0 Å². The van der Waals surface area contributed by atoms with Crippen LogP contribution in [0.25, 0.3) is 22.5 Å². The fourth-order valence-electron chi connectivity index (χ4n) is 3.71. The van der Waals surface area contributed by atoms with Gasteiger partial charge in [0.05, 0.1) is 11.4 Å². The number of halogens is 2. The topological polar surface area (TPSA) is 84.0 Å². The van der Waals surface area contributed by atoms with Gasteiger partial charge < -0.3 is 10.6 Å². The van der Waals surface area contributed by atoms with Gasteiger partial charge in [-0.3, -0.25) is 9.59 Å². The van der Waals surface area contributed by atoms with Crippen molar-refractivity contribution in [1.29, 1.82) is 0 Å². The first-order valence-electron chi connectivity index (χ1n) is 12.6. The third-order valence-electron chi connectivity index (χ3n) is 5.79. The Morgan fingerprint density at radius 3 is 1.40 bits per heavy atom. The number of nitrogens with zero attached hydrogens (tertiary/aromatic N) is 2. The van der Waals surface area contributed by atoms with Gasteiger partial charge in [-0.25, -0.2) is 9.97 Å². The SMILES string of the molecule is O=C1C=CC(Br)=C/C1=C/Nc1nc(-c2ccccc2)cs1.O=C1C=CC(Br)=C/C1=C/Nc1nc(-c2ccccc2)cs1.[Cu]. The Bertz CT molecular complexity index is 1660. The molecule has 0 unspecified atom stereocenters. The molecule has 0 bridgehead atoms. The minimum absolute atomic E-state index is 0. The van der Waals surface area contributed by atoms with E-state index >= 15 is 0 Å². The predicted octanol–water partition coefficient (Wildman–Crippen LogP) is 9.04. The number of benzene rings is 2. The molecule has 2 heterocycles. The van der Waals surface area contributed by atoms with Crippen LogP contribution in [-0.4, -0.2) is 21.5 Å². The molecular formula is C32H22Br2CuN4O2S2. The van der Waals surface area contributed by atoms with E-state index in [1.54, 1.807) is 36.7 Å². The smallest absolute Gasteiger partial charge is 0.187 e. The summed E-state index contributed by atoms with van der Waals surface area (Å²) in [5.41, 5.74) is 5.20. The van der Waals surface area contributed by atoms with E-state index in [4.69, 9.17) is 0 Å². The second-order valence-electron chi connectivity index (χ2n) is 8.75. The van der Waals surface area contributed by atoms with Gasteiger partial charge in [0, 0.05) is 71.5 Å². The zero-order valence-electron chi connectivity index (χ0n) is 22.1. The minimum Gasteiger partial charge on any atom is -0.337 e. The van der Waals surface area contributed by atoms with Crippen LogP contribution in [0.5, 0.6) is 0 Å². The average molecular weight is 782 g/mol. The molecule has 0 atom stereocenters. The number of thiazole rings is 2. The Labute approximate surface area is 284 Å². The number of anilines is 2. The normalized spacial score (nSPS) is 15.8. The van der Waals surface area contributed by atoms with Crippen molar-refractivity contribution < 1.29 is 26.7 Å². The van der Waals surface area contributed by atoms with Gasteiger partial charge >= 0.3 is 0 Å². The zero-order chi connectivity index (χ0) is 29.3. The largest absolute Gasteiger partial charge is 0.337 e. The first-order chi connectivity index (χ1) is 20.4. The van der Waals surface area contributed by atoms with Gasteiger partial charge in [-0.2, -0.15) is 0 Å². The van der Waals surface area contributed by atoms with E-state index in [-0.39, 0.29) is 28.6 Å². The third kappa shape index (κ3) is 9.27. The zero-order valence-corrected chi connectivity index (χ0v) is 27.9. The Balaban J connectivity index is 0.000000192. The van der Waals surface area contributed by atoms with E-state index in [2.05, 4.69) is 52.5 Å². The van der Waals surface area contributed by atoms with Crippen molar-refractivity contribution in [3.8, 4) is 22.5 Å². The molecule has 0 amide bonds. The van der Waals surface area contributed by atoms with Crippen molar-refractivity contribution in [2.75, 3.05) is 10.6 Å². The summed E-state index contributed by atoms with van der Waals surface area (Å²) in [6, 6.07) is 20.0. The predicted molar refractivity (Wildman–Crippen MR) is 181 cm³/mol. The molecule has 43 heavy (non-hydrogen) atoms. The molecule has 2 aromatic heterocycles. The van der Waals surface area contributed by atoms with Gasteiger partial charge in [0.2, 0.25) is 0 Å². The van der Waals surface area contributed by atoms with Gasteiger partial charge in [0.25, 0.3) is 0 Å². The van der Waals surface area contributed by atoms with E-state index in [1.807, 2.05) is 71.4 Å². The molecule has 2 aliphatic carbocycles. The number of hydrogen-bond acceptors (Lipinski definition) is 8. The molecule has 6 nitrogen and oxygen atoms in total. The van der Waals surface area contributed by atoms with Crippen LogP contribution >= 0.6 is 54.5 Å². The molecule has 219 valence electrons. The molecule has 0 spiro atoms. The average Bonchev–Trinajstić information content (AvgIpc) is 3.70. The van der Waals surface area contributed by atoms with Gasteiger partial charge in [0.15, 0.2) is 21.8 Å². The summed E-state index contributed by atoms with van der Waals surface area (Å²) >= 11 is 9.73. The number of carbonyl (C=O) groups excluding carboxylic acids is 2. The van der Waals surface area contributed by atoms with Crippen molar-refractivity contribution in [3.05, 3.63) is 140 Å². The molecule has 6 rings (SSSR count). The van der Waals surface area contributed by atoms with Crippen LogP contribution in [0, 0.1) is 0 Å². The molecule has 2 N–H and O–H groups in total. The van der Waals surface area contributed by atoms with E-state index in [0.717, 1.165) is 41.7 Å². The van der Waals surface area contributed by atoms with Gasteiger partial charge in [0.1, 0.15) is 0 Å². The Hall–Kier alpha value is -3.44. The maximum Gasteiger partial charge on any atom is 0.187 e. The van der Waals surface area contributed by atoms with Crippen LogP contribution in [0.3, 0.4) is 0 Å². The first-order valence-corrected chi connectivity index (χ1v) is 15.9. The summed E-state index contributed by atoms with van der Waals surface area (Å²) in [5, 5.41) is 11.7. The van der Waals surface area contributed by atoms with E-state index < -0.39 is 0 Å². The first kappa shape index (κ1) is 32.5. The minimum atomic E-state index is -0.0226. The van der Waals surface area contributed by atoms with Crippen LogP contribution in [0.2, 0.25) is 0 Å². The molecular weight excluding hydrogens is 760 g/mol. The fourth-order valence-corrected chi connectivity index (χ4v) is 5.84. The molecule has 11 heteroatoms. The molecule has 0 fully saturated rings. The number of rotatable bonds is 6. The number of nitrogens with one attached hydrogen (secondary N) is 2. The summed E-state index contributed by atoms with van der Waals surface area (Å²) in [4.78, 5) is 32.4. The van der Waals surface area contributed by atoms with Gasteiger partial charge in [-0.1, -0.05) is 92.5 Å². The maximum absolute atomic E-state index is 11.7. The number of allylic oxidation sites excluding steroid dienone is 10. The Morgan fingerprint density at radius 1 is 0.605 bits per heavy atom. The molecule has 2 aliphatic rings. The van der Waals surface area contributed by atoms with Crippen LogP contribution < -0.4 is 10.6 Å². The van der Waals surface area contributed by atoms with Crippen LogP contribution in [-0.2, 0) is 26.7 Å². The third-order valence-corrected chi connectivity index (χ3v) is 8.33. The molecule has 0 aliphatic heterocycles. The molecule has 1 radical (unpaired) electrons. The summed E-state index contributed by atoms with van der Waals surface area (Å²) in [6.45, 7) is 0. The number of aromatic nitrogens is 2. The van der Waals surface area contributed by atoms with Crippen molar-refractivity contribution in [2.24, 2.45) is 0 Å². The maximum atomic E-state index is 11.7. The Kier molecular flexibility index (Phi) is 12.0. The molecule has 2 aromatic carbocycles. The number of carbonyl (C=O) groups is 2. The van der Waals surface area contributed by atoms with Crippen LogP contribution in [0.1, 0.15) is 0 Å². The van der Waals surface area contributed by atoms with Crippen molar-refractivity contribution in [1.82, 2.24) is 9.97 Å². The summed E-state index contributed by atoms with van der Waals surface area (Å²) < 4.78 is 1.75. The van der Waals surface area contributed by atoms with Gasteiger partial charge in [-0.05, 0) is 36.5 Å². The standard InChI is InChI=1S/2C16H11BrN2OS.Cu/c2*17-13-6-7-15(20)12(8-13)9-18-16-19-14(10-21-16)11-4-2-1-3-5-11;/h2*1-10H,(H,18,19);/b2*12-9-;. The summed E-state index contributed by atoms with van der Waals surface area (Å²) in [6.07, 6.45) is 13.5. The second kappa shape index (κ2) is 15.9. The van der Waals surface area contributed by atoms with Crippen LogP contribution in [0.15, 0.2) is 140 Å². The quantitative estimate of drug-likeness (QED) is 0.150. The van der Waals surface area contributed by atoms with E-state index in [0.29, 0.717) is 11.1 Å². The molecule has 4 aromatic rings. The number of hydrogen-bond donors (Lipinski definition) is 2. The monoisotopic (exact) mass is 779 g/mol. The molecule has 0 saturated carbocycles. The Morgan fingerprint density at radius 2 is 1.00 bits per heavy atom. The summed E-state index contributed by atoms with van der Waals surface area (Å²) in [5.74, 6) is -0.0453. The van der Waals surface area contributed by atoms with Crippen molar-refractivity contribution >= 4 is 76.4 Å². The van der Waals surface area contributed by atoms with Crippen molar-refractivity contribution in [2.45, 2.75) is 0 Å². The number of ketones is 2. The van der Waals surface area contributed by atoms with E-state index in [1.165, 1.54) is 34.8 Å². The second-order valence-corrected chi connectivity index (χ2v) is 12.3. The van der Waals surface area contributed by atoms with E-state index in [9.17, 15) is 9.59 Å². The fraction of sp³-hybridized carbons (Fsp3) is 0. The van der Waals surface area contributed by atoms with Crippen LogP contribution in [0.4, 0.5) is 10.3 Å². The summed E-state index contributed by atoms with van der Waals surface area (Å²) in [7, 11) is 0. The van der Waals surface area contributed by atoms with Gasteiger partial charge in [-0.15, -0.1) is 22.7 Å². The molecule has 0 saturated heterocycles.